The molecule has 3 rings (SSSR count). The van der Waals surface area contributed by atoms with Gasteiger partial charge in [-0.2, -0.15) is 0 Å². The summed E-state index contributed by atoms with van der Waals surface area (Å²) in [5, 5.41) is 4.58. The van der Waals surface area contributed by atoms with Crippen molar-refractivity contribution >= 4 is 35.4 Å². The van der Waals surface area contributed by atoms with Crippen molar-refractivity contribution in [2.45, 2.75) is 25.8 Å². The Hall–Kier alpha value is -3.23. The Bertz CT molecular complexity index is 803. The maximum atomic E-state index is 12.6. The summed E-state index contributed by atoms with van der Waals surface area (Å²) in [5.41, 5.74) is 0.525. The zero-order chi connectivity index (χ0) is 18.1. The molecule has 2 aliphatic rings. The van der Waals surface area contributed by atoms with Gasteiger partial charge in [0.15, 0.2) is 0 Å². The summed E-state index contributed by atoms with van der Waals surface area (Å²) in [6.07, 6.45) is -0.537. The molecule has 0 bridgehead atoms. The van der Waals surface area contributed by atoms with Crippen molar-refractivity contribution in [1.29, 1.82) is 0 Å². The molecule has 2 N–H and O–H groups in total. The van der Waals surface area contributed by atoms with Crippen LogP contribution < -0.4 is 10.6 Å². The van der Waals surface area contributed by atoms with E-state index >= 15 is 0 Å². The summed E-state index contributed by atoms with van der Waals surface area (Å²) in [6.45, 7) is 1.85. The van der Waals surface area contributed by atoms with Gasteiger partial charge < -0.3 is 4.74 Å². The zero-order valence-electron chi connectivity index (χ0n) is 13.3. The van der Waals surface area contributed by atoms with E-state index in [2.05, 4.69) is 10.6 Å². The lowest BCUT2D eigenvalue weighted by molar-refractivity contribution is -0.136. The number of fused-ring (bicyclic) bond motifs is 1. The second-order valence-electron chi connectivity index (χ2n) is 5.55. The van der Waals surface area contributed by atoms with Crippen LogP contribution in [0.4, 0.5) is 10.5 Å². The van der Waals surface area contributed by atoms with E-state index in [1.807, 2.05) is 0 Å². The molecule has 25 heavy (non-hydrogen) atoms. The molecule has 1 fully saturated rings. The summed E-state index contributed by atoms with van der Waals surface area (Å²) in [7, 11) is 0. The second-order valence-corrected chi connectivity index (χ2v) is 5.55. The predicted octanol–water partition coefficient (Wildman–Crippen LogP) is 0.656. The van der Waals surface area contributed by atoms with Gasteiger partial charge in [-0.15, -0.1) is 0 Å². The molecule has 0 spiro atoms. The van der Waals surface area contributed by atoms with Crippen LogP contribution >= 0.6 is 0 Å². The first-order valence-electron chi connectivity index (χ1n) is 7.71. The van der Waals surface area contributed by atoms with Crippen molar-refractivity contribution in [3.05, 3.63) is 29.3 Å². The normalized spacial score (nSPS) is 19.6. The molecular weight excluding hydrogens is 330 g/mol. The van der Waals surface area contributed by atoms with Crippen LogP contribution in [0.3, 0.4) is 0 Å². The molecular formula is C16H15N3O6. The van der Waals surface area contributed by atoms with Crippen LogP contribution in [0, 0.1) is 0 Å². The maximum Gasteiger partial charge on any atom is 0.411 e. The Balaban J connectivity index is 1.85. The molecule has 1 saturated heterocycles. The van der Waals surface area contributed by atoms with Gasteiger partial charge in [0.05, 0.1) is 17.7 Å². The van der Waals surface area contributed by atoms with Crippen molar-refractivity contribution in [3.63, 3.8) is 0 Å². The topological polar surface area (TPSA) is 122 Å². The van der Waals surface area contributed by atoms with E-state index in [4.69, 9.17) is 4.74 Å². The fourth-order valence-corrected chi connectivity index (χ4v) is 2.83. The van der Waals surface area contributed by atoms with Gasteiger partial charge in [0.2, 0.25) is 11.8 Å². The van der Waals surface area contributed by atoms with Crippen molar-refractivity contribution in [2.75, 3.05) is 11.9 Å². The number of benzene rings is 1. The van der Waals surface area contributed by atoms with Crippen LogP contribution in [0.1, 0.15) is 40.5 Å². The Morgan fingerprint density at radius 3 is 2.64 bits per heavy atom. The van der Waals surface area contributed by atoms with Gasteiger partial charge >= 0.3 is 6.09 Å². The molecule has 0 radical (unpaired) electrons. The number of amides is 5. The molecule has 1 atom stereocenters. The largest absolute Gasteiger partial charge is 0.450 e. The standard InChI is InChI=1S/C16H15N3O6/c1-2-25-16(24)17-8-3-4-9-10(7-8)15(23)19(14(9)22)11-5-6-12(20)18-13(11)21/h3-4,7,11H,2,5-6H2,1H3,(H,17,24)(H,18,20,21). The highest BCUT2D eigenvalue weighted by molar-refractivity contribution is 6.23. The molecule has 9 nitrogen and oxygen atoms in total. The van der Waals surface area contributed by atoms with E-state index in [0.29, 0.717) is 5.69 Å². The maximum absolute atomic E-state index is 12.6. The summed E-state index contributed by atoms with van der Waals surface area (Å²) in [5.74, 6) is -2.34. The van der Waals surface area contributed by atoms with Gasteiger partial charge in [0.25, 0.3) is 11.8 Å². The number of hydrogen-bond donors (Lipinski definition) is 2. The van der Waals surface area contributed by atoms with Gasteiger partial charge in [0, 0.05) is 12.1 Å². The molecule has 0 saturated carbocycles. The quantitative estimate of drug-likeness (QED) is 0.776. The number of piperidine rings is 1. The molecule has 5 amide bonds. The van der Waals surface area contributed by atoms with Crippen LogP contribution in [0.15, 0.2) is 18.2 Å². The molecule has 1 aromatic rings. The first-order chi connectivity index (χ1) is 11.9. The van der Waals surface area contributed by atoms with Gasteiger partial charge in [-0.05, 0) is 31.5 Å². The van der Waals surface area contributed by atoms with E-state index in [9.17, 15) is 24.0 Å². The summed E-state index contributed by atoms with van der Waals surface area (Å²) >= 11 is 0. The lowest BCUT2D eigenvalue weighted by Gasteiger charge is -2.27. The van der Waals surface area contributed by atoms with Crippen molar-refractivity contribution in [2.24, 2.45) is 0 Å². The average molecular weight is 345 g/mol. The number of ether oxygens (including phenoxy) is 1. The minimum absolute atomic E-state index is 0.0550. The number of anilines is 1. The SMILES string of the molecule is CCOC(=O)Nc1ccc2c(c1)C(=O)N(C1CCC(=O)NC1=O)C2=O. The smallest absolute Gasteiger partial charge is 0.411 e. The highest BCUT2D eigenvalue weighted by Crippen LogP contribution is 2.29. The number of imide groups is 2. The Morgan fingerprint density at radius 2 is 1.96 bits per heavy atom. The van der Waals surface area contributed by atoms with E-state index in [1.54, 1.807) is 6.92 Å². The molecule has 9 heteroatoms. The zero-order valence-corrected chi connectivity index (χ0v) is 13.3. The van der Waals surface area contributed by atoms with Crippen LogP contribution in [0.2, 0.25) is 0 Å². The molecule has 1 unspecified atom stereocenters. The molecule has 0 aliphatic carbocycles. The highest BCUT2D eigenvalue weighted by atomic mass is 16.5. The number of rotatable bonds is 3. The van der Waals surface area contributed by atoms with Crippen LogP contribution in [0.25, 0.3) is 0 Å². The Kier molecular flexibility index (Phi) is 4.22. The highest BCUT2D eigenvalue weighted by Gasteiger charge is 2.44. The number of nitrogens with one attached hydrogen (secondary N) is 2. The van der Waals surface area contributed by atoms with Crippen LogP contribution in [-0.4, -0.2) is 47.3 Å². The lowest BCUT2D eigenvalue weighted by atomic mass is 10.0. The molecule has 2 aliphatic heterocycles. The van der Waals surface area contributed by atoms with E-state index < -0.39 is 35.8 Å². The number of nitrogens with zero attached hydrogens (tertiary/aromatic N) is 1. The predicted molar refractivity (Wildman–Crippen MR) is 83.8 cm³/mol. The van der Waals surface area contributed by atoms with Crippen LogP contribution in [0.5, 0.6) is 0 Å². The molecule has 1 aromatic carbocycles. The average Bonchev–Trinajstić information content (AvgIpc) is 2.79. The molecule has 2 heterocycles. The van der Waals surface area contributed by atoms with Gasteiger partial charge in [-0.25, -0.2) is 4.79 Å². The van der Waals surface area contributed by atoms with Crippen molar-refractivity contribution in [3.8, 4) is 0 Å². The summed E-state index contributed by atoms with van der Waals surface area (Å²) in [4.78, 5) is 60.6. The van der Waals surface area contributed by atoms with Crippen LogP contribution in [-0.2, 0) is 14.3 Å². The Labute approximate surface area is 142 Å². The monoisotopic (exact) mass is 345 g/mol. The second kappa shape index (κ2) is 6.34. The minimum Gasteiger partial charge on any atom is -0.450 e. The first kappa shape index (κ1) is 16.6. The number of carbonyl (C=O) groups is 5. The lowest BCUT2D eigenvalue weighted by Crippen LogP contribution is -2.54. The first-order valence-corrected chi connectivity index (χ1v) is 7.71. The fraction of sp³-hybridized carbons (Fsp3) is 0.312. The third-order valence-electron chi connectivity index (χ3n) is 3.96. The van der Waals surface area contributed by atoms with Gasteiger partial charge in [-0.1, -0.05) is 0 Å². The minimum atomic E-state index is -1.02. The molecule has 130 valence electrons. The number of carbonyl (C=O) groups excluding carboxylic acids is 5. The van der Waals surface area contributed by atoms with E-state index in [-0.39, 0.29) is 30.6 Å². The van der Waals surface area contributed by atoms with E-state index in [0.717, 1.165) is 4.90 Å². The van der Waals surface area contributed by atoms with E-state index in [1.165, 1.54) is 18.2 Å². The third-order valence-corrected chi connectivity index (χ3v) is 3.96. The third kappa shape index (κ3) is 2.95. The Morgan fingerprint density at radius 1 is 1.24 bits per heavy atom. The molecule has 0 aromatic heterocycles. The summed E-state index contributed by atoms with van der Waals surface area (Å²) < 4.78 is 4.76. The summed E-state index contributed by atoms with van der Waals surface area (Å²) in [6, 6.07) is 3.21. The van der Waals surface area contributed by atoms with Gasteiger partial charge in [-0.3, -0.25) is 34.7 Å². The fourth-order valence-electron chi connectivity index (χ4n) is 2.83. The van der Waals surface area contributed by atoms with Crippen molar-refractivity contribution < 1.29 is 28.7 Å². The van der Waals surface area contributed by atoms with Gasteiger partial charge in [0.1, 0.15) is 6.04 Å². The number of hydrogen-bond acceptors (Lipinski definition) is 6. The van der Waals surface area contributed by atoms with Crippen molar-refractivity contribution in [1.82, 2.24) is 10.2 Å².